The number of aromatic nitrogens is 2. The Kier molecular flexibility index (Phi) is 4.38. The Morgan fingerprint density at radius 2 is 1.94 bits per heavy atom. The summed E-state index contributed by atoms with van der Waals surface area (Å²) in [5, 5.41) is 12.0. The second-order valence-corrected chi connectivity index (χ2v) is 5.30. The molecule has 1 saturated carbocycles. The van der Waals surface area contributed by atoms with Gasteiger partial charge < -0.3 is 9.73 Å². The van der Waals surface area contributed by atoms with E-state index in [0.717, 1.165) is 31.2 Å². The molecule has 2 rings (SSSR count). The van der Waals surface area contributed by atoms with E-state index in [9.17, 15) is 0 Å². The Labute approximate surface area is 110 Å². The zero-order chi connectivity index (χ0) is 13.0. The highest BCUT2D eigenvalue weighted by Crippen LogP contribution is 2.43. The molecular formula is C14H25N3O. The fourth-order valence-electron chi connectivity index (χ4n) is 3.01. The van der Waals surface area contributed by atoms with Crippen LogP contribution in [-0.2, 0) is 5.41 Å². The van der Waals surface area contributed by atoms with Gasteiger partial charge in [-0.05, 0) is 32.2 Å². The molecule has 4 heteroatoms. The van der Waals surface area contributed by atoms with Gasteiger partial charge in [-0.2, -0.15) is 0 Å². The topological polar surface area (TPSA) is 51.0 Å². The first-order valence-electron chi connectivity index (χ1n) is 7.33. The molecule has 0 bridgehead atoms. The minimum atomic E-state index is 0.162. The van der Waals surface area contributed by atoms with Gasteiger partial charge in [0, 0.05) is 5.41 Å². The molecule has 1 aliphatic rings. The number of rotatable bonds is 6. The molecule has 1 atom stereocenters. The summed E-state index contributed by atoms with van der Waals surface area (Å²) in [5.74, 6) is 1.63. The van der Waals surface area contributed by atoms with Crippen LogP contribution >= 0.6 is 0 Å². The molecule has 0 aromatic carbocycles. The Bertz CT molecular complexity index is 369. The minimum absolute atomic E-state index is 0.162. The number of nitrogens with one attached hydrogen (secondary N) is 1. The average molecular weight is 251 g/mol. The molecule has 0 amide bonds. The monoisotopic (exact) mass is 251 g/mol. The van der Waals surface area contributed by atoms with Crippen molar-refractivity contribution < 1.29 is 4.42 Å². The van der Waals surface area contributed by atoms with Gasteiger partial charge >= 0.3 is 0 Å². The molecule has 1 aromatic heterocycles. The molecule has 1 aliphatic carbocycles. The molecule has 1 fully saturated rings. The van der Waals surface area contributed by atoms with Crippen molar-refractivity contribution in [2.75, 3.05) is 6.54 Å². The van der Waals surface area contributed by atoms with Gasteiger partial charge in [0.15, 0.2) is 0 Å². The quantitative estimate of drug-likeness (QED) is 0.842. The lowest BCUT2D eigenvalue weighted by atomic mass is 9.83. The first-order chi connectivity index (χ1) is 8.75. The molecule has 0 saturated heterocycles. The number of hydrogen-bond donors (Lipinski definition) is 1. The zero-order valence-electron chi connectivity index (χ0n) is 11.8. The van der Waals surface area contributed by atoms with E-state index < -0.39 is 0 Å². The van der Waals surface area contributed by atoms with Crippen molar-refractivity contribution >= 4 is 0 Å². The maximum absolute atomic E-state index is 5.98. The largest absolute Gasteiger partial charge is 0.423 e. The first kappa shape index (κ1) is 13.5. The maximum Gasteiger partial charge on any atom is 0.233 e. The molecule has 0 radical (unpaired) electrons. The Morgan fingerprint density at radius 3 is 2.50 bits per heavy atom. The van der Waals surface area contributed by atoms with Crippen LogP contribution in [0.25, 0.3) is 0 Å². The van der Waals surface area contributed by atoms with Crippen LogP contribution in [0.1, 0.15) is 77.1 Å². The van der Waals surface area contributed by atoms with E-state index in [-0.39, 0.29) is 11.5 Å². The second-order valence-electron chi connectivity index (χ2n) is 5.30. The van der Waals surface area contributed by atoms with Crippen molar-refractivity contribution in [3.8, 4) is 0 Å². The van der Waals surface area contributed by atoms with E-state index in [1.807, 2.05) is 0 Å². The van der Waals surface area contributed by atoms with Gasteiger partial charge in [0.1, 0.15) is 0 Å². The van der Waals surface area contributed by atoms with Crippen LogP contribution in [0.5, 0.6) is 0 Å². The summed E-state index contributed by atoms with van der Waals surface area (Å²) in [6, 6.07) is 0.201. The Morgan fingerprint density at radius 1 is 1.22 bits per heavy atom. The zero-order valence-corrected chi connectivity index (χ0v) is 11.8. The molecule has 1 unspecified atom stereocenters. The van der Waals surface area contributed by atoms with Crippen molar-refractivity contribution in [3.63, 3.8) is 0 Å². The highest BCUT2D eigenvalue weighted by molar-refractivity contribution is 5.07. The molecular weight excluding hydrogens is 226 g/mol. The van der Waals surface area contributed by atoms with Crippen molar-refractivity contribution in [1.82, 2.24) is 15.5 Å². The van der Waals surface area contributed by atoms with E-state index in [2.05, 4.69) is 36.3 Å². The van der Waals surface area contributed by atoms with Crippen LogP contribution in [0.3, 0.4) is 0 Å². The highest BCUT2D eigenvalue weighted by atomic mass is 16.4. The minimum Gasteiger partial charge on any atom is -0.423 e. The van der Waals surface area contributed by atoms with Crippen LogP contribution in [0.15, 0.2) is 4.42 Å². The molecule has 102 valence electrons. The Hall–Kier alpha value is -0.900. The lowest BCUT2D eigenvalue weighted by Crippen LogP contribution is -2.21. The molecule has 1 heterocycles. The highest BCUT2D eigenvalue weighted by Gasteiger charge is 2.39. The average Bonchev–Trinajstić information content (AvgIpc) is 3.04. The van der Waals surface area contributed by atoms with E-state index in [4.69, 9.17) is 4.42 Å². The lowest BCUT2D eigenvalue weighted by Gasteiger charge is -2.22. The number of hydrogen-bond acceptors (Lipinski definition) is 4. The first-order valence-corrected chi connectivity index (χ1v) is 7.33. The van der Waals surface area contributed by atoms with E-state index in [0.29, 0.717) is 0 Å². The van der Waals surface area contributed by atoms with Crippen molar-refractivity contribution in [2.24, 2.45) is 0 Å². The molecule has 0 spiro atoms. The molecule has 18 heavy (non-hydrogen) atoms. The summed E-state index contributed by atoms with van der Waals surface area (Å²) >= 11 is 0. The predicted octanol–water partition coefficient (Wildman–Crippen LogP) is 3.35. The fraction of sp³-hybridized carbons (Fsp3) is 0.857. The standard InChI is InChI=1S/C14H25N3O/c1-4-11(15-6-3)12-16-17-13(18-12)14(5-2)9-7-8-10-14/h11,15H,4-10H2,1-3H3. The van der Waals surface area contributed by atoms with E-state index >= 15 is 0 Å². The summed E-state index contributed by atoms with van der Waals surface area (Å²) in [7, 11) is 0. The SMILES string of the molecule is CCNC(CC)c1nnc(C2(CC)CCCC2)o1. The summed E-state index contributed by atoms with van der Waals surface area (Å²) in [5.41, 5.74) is 0.162. The molecule has 0 aliphatic heterocycles. The maximum atomic E-state index is 5.98. The third-order valence-corrected chi connectivity index (χ3v) is 4.29. The summed E-state index contributed by atoms with van der Waals surface area (Å²) in [4.78, 5) is 0. The summed E-state index contributed by atoms with van der Waals surface area (Å²) in [6.45, 7) is 7.40. The van der Waals surface area contributed by atoms with Crippen LogP contribution in [0.2, 0.25) is 0 Å². The van der Waals surface area contributed by atoms with E-state index in [1.165, 1.54) is 25.7 Å². The van der Waals surface area contributed by atoms with Crippen LogP contribution in [-0.4, -0.2) is 16.7 Å². The molecule has 1 aromatic rings. The number of nitrogens with zero attached hydrogens (tertiary/aromatic N) is 2. The summed E-state index contributed by atoms with van der Waals surface area (Å²) in [6.07, 6.45) is 7.05. The second kappa shape index (κ2) is 5.83. The van der Waals surface area contributed by atoms with Crippen molar-refractivity contribution in [3.05, 3.63) is 11.8 Å². The molecule has 1 N–H and O–H groups in total. The van der Waals surface area contributed by atoms with Gasteiger partial charge in [0.05, 0.1) is 6.04 Å². The van der Waals surface area contributed by atoms with Gasteiger partial charge in [-0.3, -0.25) is 0 Å². The van der Waals surface area contributed by atoms with Crippen LogP contribution in [0, 0.1) is 0 Å². The van der Waals surface area contributed by atoms with Crippen LogP contribution in [0.4, 0.5) is 0 Å². The van der Waals surface area contributed by atoms with Gasteiger partial charge in [-0.1, -0.05) is 33.6 Å². The van der Waals surface area contributed by atoms with Gasteiger partial charge in [0.25, 0.3) is 0 Å². The van der Waals surface area contributed by atoms with Gasteiger partial charge in [0.2, 0.25) is 11.8 Å². The fourth-order valence-corrected chi connectivity index (χ4v) is 3.01. The van der Waals surface area contributed by atoms with Crippen molar-refractivity contribution in [2.45, 2.75) is 70.8 Å². The van der Waals surface area contributed by atoms with Crippen molar-refractivity contribution in [1.29, 1.82) is 0 Å². The van der Waals surface area contributed by atoms with Gasteiger partial charge in [-0.25, -0.2) is 0 Å². The lowest BCUT2D eigenvalue weighted by molar-refractivity contribution is 0.290. The van der Waals surface area contributed by atoms with Gasteiger partial charge in [-0.15, -0.1) is 10.2 Å². The third-order valence-electron chi connectivity index (χ3n) is 4.29. The smallest absolute Gasteiger partial charge is 0.233 e. The third kappa shape index (κ3) is 2.44. The predicted molar refractivity (Wildman–Crippen MR) is 71.4 cm³/mol. The summed E-state index contributed by atoms with van der Waals surface area (Å²) < 4.78 is 5.98. The van der Waals surface area contributed by atoms with Crippen LogP contribution < -0.4 is 5.32 Å². The normalized spacial score (nSPS) is 20.2. The molecule has 4 nitrogen and oxygen atoms in total. The Balaban J connectivity index is 2.18. The van der Waals surface area contributed by atoms with E-state index in [1.54, 1.807) is 0 Å².